The normalized spacial score (nSPS) is 24.3. The first kappa shape index (κ1) is 20.2. The molecule has 1 aliphatic heterocycles. The van der Waals surface area contributed by atoms with Crippen LogP contribution in [0.1, 0.15) is 33.1 Å². The van der Waals surface area contributed by atoms with E-state index in [2.05, 4.69) is 25.2 Å². The fraction of sp³-hybridized carbons (Fsp3) is 0.769. The van der Waals surface area contributed by atoms with E-state index < -0.39 is 24.2 Å². The Kier molecular flexibility index (Phi) is 7.87. The van der Waals surface area contributed by atoms with Gasteiger partial charge in [0.1, 0.15) is 6.04 Å². The molecule has 0 spiro atoms. The predicted octanol–water partition coefficient (Wildman–Crippen LogP) is 2.01. The lowest BCUT2D eigenvalue weighted by atomic mass is 9.86. The van der Waals surface area contributed by atoms with Crippen molar-refractivity contribution in [3.8, 4) is 6.07 Å². The average Bonchev–Trinajstić information content (AvgIpc) is 2.84. The second-order valence-electron chi connectivity index (χ2n) is 4.93. The molecule has 0 aliphatic carbocycles. The van der Waals surface area contributed by atoms with Gasteiger partial charge in [0.05, 0.1) is 12.0 Å². The molecule has 0 amide bonds. The number of carboxylic acids is 2. The van der Waals surface area contributed by atoms with Crippen molar-refractivity contribution in [2.24, 2.45) is 11.8 Å². The second-order valence-corrected chi connectivity index (χ2v) is 4.93. The smallest absolute Gasteiger partial charge is 0.480 e. The Bertz CT molecular complexity index is 430. The molecule has 3 N–H and O–H groups in total. The average molecular weight is 324 g/mol. The topological polar surface area (TPSA) is 110 Å². The second kappa shape index (κ2) is 8.58. The Morgan fingerprint density at radius 1 is 1.32 bits per heavy atom. The van der Waals surface area contributed by atoms with E-state index in [9.17, 15) is 18.0 Å². The van der Waals surface area contributed by atoms with Gasteiger partial charge in [0.15, 0.2) is 0 Å². The van der Waals surface area contributed by atoms with Gasteiger partial charge >= 0.3 is 18.1 Å². The van der Waals surface area contributed by atoms with Gasteiger partial charge in [-0.05, 0) is 12.3 Å². The van der Waals surface area contributed by atoms with Gasteiger partial charge in [-0.25, -0.2) is 4.79 Å². The third-order valence-corrected chi connectivity index (χ3v) is 3.58. The van der Waals surface area contributed by atoms with Crippen LogP contribution in [0.25, 0.3) is 0 Å². The number of nitrogens with one attached hydrogen (secondary N) is 1. The van der Waals surface area contributed by atoms with Crippen molar-refractivity contribution < 1.29 is 33.0 Å². The highest BCUT2D eigenvalue weighted by molar-refractivity contribution is 5.74. The molecule has 6 nitrogen and oxygen atoms in total. The fourth-order valence-electron chi connectivity index (χ4n) is 2.38. The van der Waals surface area contributed by atoms with Gasteiger partial charge in [-0.15, -0.1) is 0 Å². The van der Waals surface area contributed by atoms with Crippen LogP contribution in [0.15, 0.2) is 0 Å². The molecule has 3 unspecified atom stereocenters. The molecule has 1 saturated heterocycles. The van der Waals surface area contributed by atoms with Crippen molar-refractivity contribution in [2.45, 2.75) is 51.4 Å². The summed E-state index contributed by atoms with van der Waals surface area (Å²) in [4.78, 5) is 19.7. The van der Waals surface area contributed by atoms with E-state index in [1.165, 1.54) is 0 Å². The Morgan fingerprint density at radius 3 is 2.05 bits per heavy atom. The van der Waals surface area contributed by atoms with E-state index in [0.29, 0.717) is 12.3 Å². The Labute approximate surface area is 125 Å². The SMILES string of the molecule is CCC(CC)C1NC(C(=O)O)CC1C#N.O=C(O)C(F)(F)F. The van der Waals surface area contributed by atoms with Crippen LogP contribution in [0.5, 0.6) is 0 Å². The van der Waals surface area contributed by atoms with E-state index in [4.69, 9.17) is 20.3 Å². The quantitative estimate of drug-likeness (QED) is 0.729. The first-order chi connectivity index (χ1) is 10.1. The van der Waals surface area contributed by atoms with Crippen LogP contribution in [-0.2, 0) is 9.59 Å². The summed E-state index contributed by atoms with van der Waals surface area (Å²) < 4.78 is 31.7. The summed E-state index contributed by atoms with van der Waals surface area (Å²) in [5.74, 6) is -3.36. The van der Waals surface area contributed by atoms with Crippen LogP contribution in [0.2, 0.25) is 0 Å². The lowest BCUT2D eigenvalue weighted by molar-refractivity contribution is -0.192. The molecule has 0 bridgehead atoms. The van der Waals surface area contributed by atoms with Gasteiger partial charge in [0.2, 0.25) is 0 Å². The van der Waals surface area contributed by atoms with Crippen molar-refractivity contribution in [1.29, 1.82) is 5.26 Å². The maximum atomic E-state index is 10.8. The number of carboxylic acid groups (broad SMARTS) is 2. The lowest BCUT2D eigenvalue weighted by Gasteiger charge is -2.23. The zero-order valence-corrected chi connectivity index (χ0v) is 12.2. The minimum atomic E-state index is -5.08. The number of alkyl halides is 3. The molecule has 0 radical (unpaired) electrons. The minimum Gasteiger partial charge on any atom is -0.480 e. The largest absolute Gasteiger partial charge is 0.490 e. The molecule has 0 aromatic carbocycles. The van der Waals surface area contributed by atoms with Gasteiger partial charge in [-0.2, -0.15) is 18.4 Å². The van der Waals surface area contributed by atoms with Crippen LogP contribution >= 0.6 is 0 Å². The zero-order chi connectivity index (χ0) is 17.5. The Hall–Kier alpha value is -1.82. The standard InChI is InChI=1S/C11H18N2O2.C2HF3O2/c1-3-7(4-2)10-8(6-12)5-9(13-10)11(14)15;3-2(4,5)1(6)7/h7-10,13H,3-5H2,1-2H3,(H,14,15);(H,6,7). The van der Waals surface area contributed by atoms with Crippen molar-refractivity contribution in [3.05, 3.63) is 0 Å². The van der Waals surface area contributed by atoms with Gasteiger partial charge in [-0.1, -0.05) is 26.7 Å². The molecule has 0 aromatic rings. The highest BCUT2D eigenvalue weighted by atomic mass is 19.4. The summed E-state index contributed by atoms with van der Waals surface area (Å²) in [7, 11) is 0. The molecule has 3 atom stereocenters. The Morgan fingerprint density at radius 2 is 1.77 bits per heavy atom. The molecular formula is C13H19F3N2O4. The van der Waals surface area contributed by atoms with E-state index in [0.717, 1.165) is 12.8 Å². The molecule has 1 rings (SSSR count). The molecule has 126 valence electrons. The maximum absolute atomic E-state index is 10.8. The van der Waals surface area contributed by atoms with Crippen LogP contribution in [-0.4, -0.2) is 40.4 Å². The van der Waals surface area contributed by atoms with Crippen LogP contribution in [0.3, 0.4) is 0 Å². The highest BCUT2D eigenvalue weighted by Crippen LogP contribution is 2.28. The first-order valence-corrected chi connectivity index (χ1v) is 6.76. The molecule has 0 aromatic heterocycles. The number of hydrogen-bond acceptors (Lipinski definition) is 4. The number of nitriles is 1. The maximum Gasteiger partial charge on any atom is 0.490 e. The van der Waals surface area contributed by atoms with E-state index >= 15 is 0 Å². The molecule has 1 aliphatic rings. The third-order valence-electron chi connectivity index (χ3n) is 3.58. The predicted molar refractivity (Wildman–Crippen MR) is 69.8 cm³/mol. The van der Waals surface area contributed by atoms with Gasteiger partial charge in [-0.3, -0.25) is 10.1 Å². The van der Waals surface area contributed by atoms with Gasteiger partial charge in [0.25, 0.3) is 0 Å². The number of aliphatic carboxylic acids is 2. The van der Waals surface area contributed by atoms with Gasteiger partial charge in [0, 0.05) is 6.04 Å². The van der Waals surface area contributed by atoms with Gasteiger partial charge < -0.3 is 10.2 Å². The monoisotopic (exact) mass is 324 g/mol. The number of halogens is 3. The van der Waals surface area contributed by atoms with Crippen LogP contribution in [0, 0.1) is 23.2 Å². The number of rotatable bonds is 4. The van der Waals surface area contributed by atoms with Crippen LogP contribution < -0.4 is 5.32 Å². The number of carbonyl (C=O) groups is 2. The summed E-state index contributed by atoms with van der Waals surface area (Å²) in [5, 5.41) is 28.1. The van der Waals surface area contributed by atoms with Crippen LogP contribution in [0.4, 0.5) is 13.2 Å². The lowest BCUT2D eigenvalue weighted by Crippen LogP contribution is -2.40. The van der Waals surface area contributed by atoms with Crippen molar-refractivity contribution in [2.75, 3.05) is 0 Å². The van der Waals surface area contributed by atoms with E-state index in [1.807, 2.05) is 0 Å². The zero-order valence-electron chi connectivity index (χ0n) is 12.2. The van der Waals surface area contributed by atoms with Crippen molar-refractivity contribution in [1.82, 2.24) is 5.32 Å². The molecule has 0 saturated carbocycles. The molecule has 1 heterocycles. The fourth-order valence-corrected chi connectivity index (χ4v) is 2.38. The summed E-state index contributed by atoms with van der Waals surface area (Å²) in [6.45, 7) is 4.16. The Balaban J connectivity index is 0.000000534. The van der Waals surface area contributed by atoms with E-state index in [1.54, 1.807) is 0 Å². The van der Waals surface area contributed by atoms with E-state index in [-0.39, 0.29) is 12.0 Å². The molecular weight excluding hydrogens is 305 g/mol. The molecule has 1 fully saturated rings. The summed E-state index contributed by atoms with van der Waals surface area (Å²) in [6, 6.07) is 1.73. The van der Waals surface area contributed by atoms with Crippen molar-refractivity contribution in [3.63, 3.8) is 0 Å². The first-order valence-electron chi connectivity index (χ1n) is 6.76. The molecule has 22 heavy (non-hydrogen) atoms. The highest BCUT2D eigenvalue weighted by Gasteiger charge is 2.40. The minimum absolute atomic E-state index is 0.0473. The third kappa shape index (κ3) is 5.89. The number of nitrogens with zero attached hydrogens (tertiary/aromatic N) is 1. The molecule has 9 heteroatoms. The summed E-state index contributed by atoms with van der Waals surface area (Å²) >= 11 is 0. The summed E-state index contributed by atoms with van der Waals surface area (Å²) in [5.41, 5.74) is 0. The number of hydrogen-bond donors (Lipinski definition) is 3. The summed E-state index contributed by atoms with van der Waals surface area (Å²) in [6.07, 6.45) is -2.68. The van der Waals surface area contributed by atoms with Crippen molar-refractivity contribution >= 4 is 11.9 Å².